The fraction of sp³-hybridized carbons (Fsp3) is 0.520. The average molecular weight is 420 g/mol. The Morgan fingerprint density at radius 1 is 1.23 bits per heavy atom. The molecule has 0 saturated heterocycles. The maximum Gasteiger partial charge on any atom is 0.252 e. The van der Waals surface area contributed by atoms with E-state index in [4.69, 9.17) is 0 Å². The van der Waals surface area contributed by atoms with Crippen LogP contribution in [-0.4, -0.2) is 25.5 Å². The van der Waals surface area contributed by atoms with Crippen LogP contribution in [0.15, 0.2) is 30.6 Å². The van der Waals surface area contributed by atoms with E-state index in [1.54, 1.807) is 4.52 Å². The number of nitrogens with zero attached hydrogens (tertiary/aromatic N) is 4. The number of nitrogens with one attached hydrogen (secondary N) is 1. The smallest absolute Gasteiger partial charge is 0.252 e. The van der Waals surface area contributed by atoms with Crippen LogP contribution in [0.3, 0.4) is 0 Å². The number of carbonyl (C=O) groups excluding carboxylic acids is 1. The van der Waals surface area contributed by atoms with Gasteiger partial charge >= 0.3 is 0 Å². The number of benzene rings is 1. The highest BCUT2D eigenvalue weighted by Crippen LogP contribution is 2.38. The first-order valence-corrected chi connectivity index (χ1v) is 11.4. The summed E-state index contributed by atoms with van der Waals surface area (Å²) in [5.41, 5.74) is 5.50. The van der Waals surface area contributed by atoms with Crippen molar-refractivity contribution in [3.63, 3.8) is 0 Å². The number of rotatable bonds is 6. The van der Waals surface area contributed by atoms with Crippen LogP contribution in [0.4, 0.5) is 0 Å². The van der Waals surface area contributed by atoms with Crippen molar-refractivity contribution in [3.8, 4) is 0 Å². The van der Waals surface area contributed by atoms with Gasteiger partial charge in [0, 0.05) is 17.8 Å². The van der Waals surface area contributed by atoms with E-state index in [0.717, 1.165) is 17.0 Å². The molecule has 0 bridgehead atoms. The van der Waals surface area contributed by atoms with Gasteiger partial charge in [-0.05, 0) is 68.6 Å². The van der Waals surface area contributed by atoms with E-state index < -0.39 is 0 Å². The number of hydrogen-bond donors (Lipinski definition) is 1. The molecule has 1 fully saturated rings. The third-order valence-electron chi connectivity index (χ3n) is 6.88. The molecule has 6 nitrogen and oxygen atoms in total. The van der Waals surface area contributed by atoms with Gasteiger partial charge in [-0.1, -0.05) is 44.0 Å². The second kappa shape index (κ2) is 9.16. The minimum Gasteiger partial charge on any atom is -0.349 e. The molecule has 1 aliphatic carbocycles. The number of fused-ring (bicyclic) bond motifs is 1. The van der Waals surface area contributed by atoms with Gasteiger partial charge in [0.25, 0.3) is 5.78 Å². The van der Waals surface area contributed by atoms with Crippen LogP contribution in [0.25, 0.3) is 5.78 Å². The largest absolute Gasteiger partial charge is 0.349 e. The molecule has 31 heavy (non-hydrogen) atoms. The van der Waals surface area contributed by atoms with Crippen LogP contribution >= 0.6 is 0 Å². The molecule has 6 heteroatoms. The Morgan fingerprint density at radius 2 is 2.03 bits per heavy atom. The molecule has 0 radical (unpaired) electrons. The van der Waals surface area contributed by atoms with Gasteiger partial charge in [0.05, 0.1) is 6.04 Å². The van der Waals surface area contributed by atoms with Gasteiger partial charge in [-0.15, -0.1) is 0 Å². The molecule has 1 aromatic carbocycles. The molecule has 0 spiro atoms. The Kier molecular flexibility index (Phi) is 6.35. The zero-order valence-corrected chi connectivity index (χ0v) is 19.1. The fourth-order valence-corrected chi connectivity index (χ4v) is 5.17. The van der Waals surface area contributed by atoms with Crippen molar-refractivity contribution in [2.75, 3.05) is 0 Å². The number of aryl methyl sites for hydroxylation is 3. The molecule has 164 valence electrons. The minimum absolute atomic E-state index is 0.0783. The second-order valence-corrected chi connectivity index (χ2v) is 9.17. The standard InChI is InChI=1S/C25H33N5O/c1-16-8-7-10-20(14-16)24(21-11-6-5-9-17(21)2)29-23(31)13-12-22-18(3)28-25-26-15-27-30(25)19(22)4/h5-6,9,11,15-16,20,24H,7-8,10,12-14H2,1-4H3,(H,29,31). The zero-order valence-electron chi connectivity index (χ0n) is 19.1. The Bertz CT molecular complexity index is 1070. The highest BCUT2D eigenvalue weighted by Gasteiger charge is 2.30. The number of amides is 1. The lowest BCUT2D eigenvalue weighted by Crippen LogP contribution is -2.36. The topological polar surface area (TPSA) is 72.2 Å². The molecule has 2 aromatic heterocycles. The van der Waals surface area contributed by atoms with Crippen molar-refractivity contribution >= 4 is 11.7 Å². The van der Waals surface area contributed by atoms with E-state index in [1.807, 2.05) is 13.8 Å². The first kappa shape index (κ1) is 21.5. The maximum absolute atomic E-state index is 13.1. The van der Waals surface area contributed by atoms with Gasteiger partial charge in [0.15, 0.2) is 0 Å². The summed E-state index contributed by atoms with van der Waals surface area (Å²) in [6, 6.07) is 8.55. The Hall–Kier alpha value is -2.76. The summed E-state index contributed by atoms with van der Waals surface area (Å²) >= 11 is 0. The molecule has 3 unspecified atom stereocenters. The van der Waals surface area contributed by atoms with E-state index in [1.165, 1.54) is 43.1 Å². The Morgan fingerprint density at radius 3 is 2.81 bits per heavy atom. The Balaban J connectivity index is 1.51. The first-order chi connectivity index (χ1) is 14.9. The van der Waals surface area contributed by atoms with Gasteiger partial charge < -0.3 is 5.32 Å². The SMILES string of the molecule is Cc1ccccc1C(NC(=O)CCc1c(C)nc2ncnn2c1C)C1CCCC(C)C1. The molecule has 1 saturated carbocycles. The van der Waals surface area contributed by atoms with Crippen molar-refractivity contribution in [2.24, 2.45) is 11.8 Å². The molecule has 3 aromatic rings. The molecular weight excluding hydrogens is 386 g/mol. The third-order valence-corrected chi connectivity index (χ3v) is 6.88. The van der Waals surface area contributed by atoms with Crippen molar-refractivity contribution in [1.29, 1.82) is 0 Å². The summed E-state index contributed by atoms with van der Waals surface area (Å²) in [4.78, 5) is 21.8. The van der Waals surface area contributed by atoms with Crippen molar-refractivity contribution in [2.45, 2.75) is 72.3 Å². The van der Waals surface area contributed by atoms with Gasteiger partial charge in [0.1, 0.15) is 6.33 Å². The molecule has 3 atom stereocenters. The van der Waals surface area contributed by atoms with Crippen LogP contribution < -0.4 is 5.32 Å². The van der Waals surface area contributed by atoms with Gasteiger partial charge in [-0.2, -0.15) is 10.1 Å². The lowest BCUT2D eigenvalue weighted by atomic mass is 9.76. The second-order valence-electron chi connectivity index (χ2n) is 9.17. The van der Waals surface area contributed by atoms with Gasteiger partial charge in [-0.25, -0.2) is 9.50 Å². The molecular formula is C25H33N5O. The average Bonchev–Trinajstić information content (AvgIpc) is 3.21. The van der Waals surface area contributed by atoms with E-state index in [9.17, 15) is 4.79 Å². The number of hydrogen-bond acceptors (Lipinski definition) is 4. The molecule has 4 rings (SSSR count). The van der Waals surface area contributed by atoms with E-state index in [-0.39, 0.29) is 11.9 Å². The molecule has 2 heterocycles. The summed E-state index contributed by atoms with van der Waals surface area (Å²) < 4.78 is 1.75. The number of carbonyl (C=O) groups is 1. The lowest BCUT2D eigenvalue weighted by Gasteiger charge is -2.35. The highest BCUT2D eigenvalue weighted by molar-refractivity contribution is 5.77. The summed E-state index contributed by atoms with van der Waals surface area (Å²) in [5.74, 6) is 1.91. The number of aromatic nitrogens is 4. The van der Waals surface area contributed by atoms with Crippen molar-refractivity contribution in [1.82, 2.24) is 24.9 Å². The van der Waals surface area contributed by atoms with E-state index >= 15 is 0 Å². The summed E-state index contributed by atoms with van der Waals surface area (Å²) in [6.45, 7) is 8.48. The monoisotopic (exact) mass is 419 g/mol. The fourth-order valence-electron chi connectivity index (χ4n) is 5.17. The van der Waals surface area contributed by atoms with Gasteiger partial charge in [-0.3, -0.25) is 4.79 Å². The molecule has 1 aliphatic rings. The summed E-state index contributed by atoms with van der Waals surface area (Å²) in [7, 11) is 0. The minimum atomic E-state index is 0.0783. The zero-order chi connectivity index (χ0) is 22.0. The predicted octanol–water partition coefficient (Wildman–Crippen LogP) is 4.67. The van der Waals surface area contributed by atoms with Crippen LogP contribution in [0, 0.1) is 32.6 Å². The van der Waals surface area contributed by atoms with E-state index in [2.05, 4.69) is 58.5 Å². The molecule has 1 N–H and O–H groups in total. The van der Waals surface area contributed by atoms with Crippen LogP contribution in [-0.2, 0) is 11.2 Å². The van der Waals surface area contributed by atoms with Crippen LogP contribution in [0.5, 0.6) is 0 Å². The van der Waals surface area contributed by atoms with Gasteiger partial charge in [0.2, 0.25) is 5.91 Å². The van der Waals surface area contributed by atoms with Crippen LogP contribution in [0.2, 0.25) is 0 Å². The third kappa shape index (κ3) is 4.63. The van der Waals surface area contributed by atoms with E-state index in [0.29, 0.717) is 30.5 Å². The quantitative estimate of drug-likeness (QED) is 0.630. The highest BCUT2D eigenvalue weighted by atomic mass is 16.1. The Labute approximate surface area is 184 Å². The summed E-state index contributed by atoms with van der Waals surface area (Å²) in [5, 5.41) is 7.67. The van der Waals surface area contributed by atoms with Crippen molar-refractivity contribution < 1.29 is 4.79 Å². The summed E-state index contributed by atoms with van der Waals surface area (Å²) in [6.07, 6.45) is 7.48. The lowest BCUT2D eigenvalue weighted by molar-refractivity contribution is -0.122. The first-order valence-electron chi connectivity index (χ1n) is 11.4. The molecule has 0 aliphatic heterocycles. The molecule has 1 amide bonds. The van der Waals surface area contributed by atoms with Crippen LogP contribution in [0.1, 0.15) is 73.1 Å². The normalized spacial score (nSPS) is 20.0. The van der Waals surface area contributed by atoms with Crippen molar-refractivity contribution in [3.05, 3.63) is 58.7 Å². The maximum atomic E-state index is 13.1. The predicted molar refractivity (Wildman–Crippen MR) is 122 cm³/mol.